The Balaban J connectivity index is 0.000000225. The average Bonchev–Trinajstić information content (AvgIpc) is 3.85. The molecule has 0 saturated heterocycles. The molecular formula is C74H114F2N2O2S5. The van der Waals surface area contributed by atoms with Gasteiger partial charge in [-0.3, -0.25) is 0 Å². The molecule has 8 rings (SSSR count). The summed E-state index contributed by atoms with van der Waals surface area (Å²) in [6, 6.07) is 9.55. The molecule has 476 valence electrons. The molecule has 0 aliphatic carbocycles. The Bertz CT molecular complexity index is 2770. The summed E-state index contributed by atoms with van der Waals surface area (Å²) in [6.45, 7) is 30.9. The summed E-state index contributed by atoms with van der Waals surface area (Å²) >= 11 is 8.77. The standard InChI is InChI=1S/C35H58OS2.C31H50OS2.C8H6F2N2S/c1-5-7-9-11-13-15-17-19-21-23-25-35(26-24-22-20-18-16-14-12-10-8-6-2)31-27-29(3)37-33(31)34-32(36-35)28-30(4)38-34;1-21(2)11-9-13-23(5)15-17-31(18-16-24(6)14-10-12-22(3)4)27-19-25(7)33-29(27)30-28(32-31)20-26(8)34-30;1-3-5(9)6(10)4(2)8-7(3)11-13-12-8/h27-28H,5-26H2,1-4H3;19-24H,9-18H2,1-8H3;1-2H3. The number of unbranched alkanes of at least 4 members (excludes halogenated alkanes) is 18. The Morgan fingerprint density at radius 1 is 0.388 bits per heavy atom. The minimum absolute atomic E-state index is 0.110. The Hall–Kier alpha value is -2.70. The molecule has 85 heavy (non-hydrogen) atoms. The summed E-state index contributed by atoms with van der Waals surface area (Å²) < 4.78 is 48.3. The molecule has 2 atom stereocenters. The molecule has 6 aromatic rings. The van der Waals surface area contributed by atoms with E-state index in [1.54, 1.807) is 0 Å². The number of hydrogen-bond acceptors (Lipinski definition) is 9. The van der Waals surface area contributed by atoms with E-state index in [1.807, 2.05) is 45.3 Å². The highest BCUT2D eigenvalue weighted by molar-refractivity contribution is 7.23. The van der Waals surface area contributed by atoms with Crippen molar-refractivity contribution in [2.75, 3.05) is 0 Å². The van der Waals surface area contributed by atoms with Gasteiger partial charge in [0.2, 0.25) is 0 Å². The third-order valence-corrected chi connectivity index (χ3v) is 23.3. The van der Waals surface area contributed by atoms with Crippen molar-refractivity contribution in [3.8, 4) is 31.0 Å². The number of nitrogens with zero attached hydrogens (tertiary/aromatic N) is 2. The molecule has 7 heterocycles. The smallest absolute Gasteiger partial charge is 0.164 e. The quantitative estimate of drug-likeness (QED) is 0.0368. The first kappa shape index (κ1) is 71.4. The predicted octanol–water partition coefficient (Wildman–Crippen LogP) is 27.1. The first-order valence-corrected chi connectivity index (χ1v) is 38.2. The van der Waals surface area contributed by atoms with Gasteiger partial charge < -0.3 is 9.47 Å². The third-order valence-electron chi connectivity index (χ3n) is 18.3. The van der Waals surface area contributed by atoms with Gasteiger partial charge in [0.15, 0.2) is 11.6 Å². The van der Waals surface area contributed by atoms with E-state index in [9.17, 15) is 8.78 Å². The highest BCUT2D eigenvalue weighted by Gasteiger charge is 2.44. The van der Waals surface area contributed by atoms with Gasteiger partial charge in [-0.2, -0.15) is 8.75 Å². The number of halogens is 2. The zero-order chi connectivity index (χ0) is 61.5. The molecule has 4 nitrogen and oxygen atoms in total. The number of rotatable bonds is 36. The fourth-order valence-corrected chi connectivity index (χ4v) is 18.1. The first-order chi connectivity index (χ1) is 40.8. The Morgan fingerprint density at radius 3 is 1.06 bits per heavy atom. The zero-order valence-electron chi connectivity index (χ0n) is 55.8. The van der Waals surface area contributed by atoms with Gasteiger partial charge in [-0.15, -0.1) is 45.3 Å². The summed E-state index contributed by atoms with van der Waals surface area (Å²) in [6.07, 6.45) is 43.1. The summed E-state index contributed by atoms with van der Waals surface area (Å²) in [5.74, 6) is 3.82. The van der Waals surface area contributed by atoms with Crippen LogP contribution >= 0.6 is 57.1 Å². The predicted molar refractivity (Wildman–Crippen MR) is 373 cm³/mol. The zero-order valence-corrected chi connectivity index (χ0v) is 59.8. The van der Waals surface area contributed by atoms with E-state index >= 15 is 0 Å². The van der Waals surface area contributed by atoms with Crippen molar-refractivity contribution < 1.29 is 18.3 Å². The van der Waals surface area contributed by atoms with E-state index in [4.69, 9.17) is 9.47 Å². The van der Waals surface area contributed by atoms with Gasteiger partial charge in [-0.05, 0) is 141 Å². The maximum absolute atomic E-state index is 13.2. The van der Waals surface area contributed by atoms with E-state index in [0.717, 1.165) is 54.0 Å². The van der Waals surface area contributed by atoms with E-state index in [1.165, 1.54) is 262 Å². The summed E-state index contributed by atoms with van der Waals surface area (Å²) in [4.78, 5) is 11.4. The number of thiophene rings is 4. The number of ether oxygens (including phenoxy) is 2. The summed E-state index contributed by atoms with van der Waals surface area (Å²) in [7, 11) is 0. The van der Waals surface area contributed by atoms with Gasteiger partial charge in [-0.25, -0.2) is 8.78 Å². The molecule has 2 unspecified atom stereocenters. The second-order valence-electron chi connectivity index (χ2n) is 27.1. The van der Waals surface area contributed by atoms with Crippen LogP contribution in [0.15, 0.2) is 24.3 Å². The minimum Gasteiger partial charge on any atom is -0.481 e. The Morgan fingerprint density at radius 2 is 0.706 bits per heavy atom. The van der Waals surface area contributed by atoms with Crippen LogP contribution in [0.25, 0.3) is 30.5 Å². The minimum atomic E-state index is -0.822. The van der Waals surface area contributed by atoms with Crippen LogP contribution in [-0.4, -0.2) is 8.75 Å². The number of fused-ring (bicyclic) bond motifs is 7. The SMILES string of the molecule is CCCCCCCCCCCCC1(CCCCCCCCCCCC)Oc2cc(C)sc2-c2sc(C)cc21.Cc1c(F)c(F)c(C)c2nsnc12.Cc1cc2c(s1)-c1sc(C)cc1C(CCC(C)CCCC(C)C)(CCC(C)CCCC(C)C)O2. The fraction of sp³-hybridized carbons (Fsp3) is 0.703. The molecule has 1 aromatic carbocycles. The van der Waals surface area contributed by atoms with Crippen LogP contribution < -0.4 is 9.47 Å². The lowest BCUT2D eigenvalue weighted by molar-refractivity contribution is 0.0323. The molecule has 0 bridgehead atoms. The van der Waals surface area contributed by atoms with Crippen LogP contribution in [-0.2, 0) is 11.2 Å². The molecule has 0 saturated carbocycles. The highest BCUT2D eigenvalue weighted by Crippen LogP contribution is 2.57. The van der Waals surface area contributed by atoms with Crippen molar-refractivity contribution in [3.63, 3.8) is 0 Å². The lowest BCUT2D eigenvalue weighted by Crippen LogP contribution is -2.36. The van der Waals surface area contributed by atoms with Crippen LogP contribution in [0.4, 0.5) is 8.78 Å². The lowest BCUT2D eigenvalue weighted by atomic mass is 9.78. The second-order valence-corrected chi connectivity index (χ2v) is 32.7. The van der Waals surface area contributed by atoms with Crippen molar-refractivity contribution in [1.29, 1.82) is 0 Å². The number of hydrogen-bond donors (Lipinski definition) is 0. The van der Waals surface area contributed by atoms with E-state index in [-0.39, 0.29) is 22.3 Å². The molecule has 2 aliphatic rings. The monoisotopic (exact) mass is 1260 g/mol. The fourth-order valence-electron chi connectivity index (χ4n) is 13.0. The molecule has 11 heteroatoms. The summed E-state index contributed by atoms with van der Waals surface area (Å²) in [5.41, 5.74) is 4.12. The molecule has 0 N–H and O–H groups in total. The van der Waals surface area contributed by atoms with Gasteiger partial charge in [-0.1, -0.05) is 209 Å². The number of aromatic nitrogens is 2. The van der Waals surface area contributed by atoms with Gasteiger partial charge in [0.1, 0.15) is 33.7 Å². The normalized spacial score (nSPS) is 15.6. The van der Waals surface area contributed by atoms with E-state index < -0.39 is 11.6 Å². The third kappa shape index (κ3) is 21.2. The highest BCUT2D eigenvalue weighted by atomic mass is 32.1. The van der Waals surface area contributed by atoms with Crippen LogP contribution in [0.5, 0.6) is 11.5 Å². The molecule has 0 radical (unpaired) electrons. The van der Waals surface area contributed by atoms with E-state index in [0.29, 0.717) is 11.0 Å². The number of benzene rings is 1. The van der Waals surface area contributed by atoms with Gasteiger partial charge >= 0.3 is 0 Å². The second kappa shape index (κ2) is 36.2. The van der Waals surface area contributed by atoms with Crippen LogP contribution in [0, 0.1) is 76.8 Å². The van der Waals surface area contributed by atoms with Crippen LogP contribution in [0.3, 0.4) is 0 Å². The van der Waals surface area contributed by atoms with Crippen molar-refractivity contribution in [1.82, 2.24) is 8.75 Å². The van der Waals surface area contributed by atoms with Crippen LogP contribution in [0.2, 0.25) is 0 Å². The molecule has 0 spiro atoms. The molecule has 0 amide bonds. The van der Waals surface area contributed by atoms with Crippen molar-refractivity contribution in [3.05, 3.63) is 77.7 Å². The Kier molecular flexibility index (Phi) is 30.4. The van der Waals surface area contributed by atoms with E-state index in [2.05, 4.69) is 116 Å². The molecule has 5 aromatic heterocycles. The molecular weight excluding hydrogens is 1150 g/mol. The maximum Gasteiger partial charge on any atom is 0.164 e. The lowest BCUT2D eigenvalue weighted by Gasteiger charge is -2.39. The van der Waals surface area contributed by atoms with Gasteiger partial charge in [0, 0.05) is 41.8 Å². The van der Waals surface area contributed by atoms with Crippen LogP contribution in [0.1, 0.15) is 303 Å². The molecule has 0 fully saturated rings. The average molecular weight is 1260 g/mol. The largest absolute Gasteiger partial charge is 0.481 e. The Labute approximate surface area is 537 Å². The van der Waals surface area contributed by atoms with Gasteiger partial charge in [0.05, 0.1) is 31.2 Å². The summed E-state index contributed by atoms with van der Waals surface area (Å²) in [5, 5.41) is 0. The first-order valence-electron chi connectivity index (χ1n) is 34.2. The maximum atomic E-state index is 13.2. The van der Waals surface area contributed by atoms with Gasteiger partial charge in [0.25, 0.3) is 0 Å². The topological polar surface area (TPSA) is 44.2 Å². The number of aryl methyl sites for hydroxylation is 6. The van der Waals surface area contributed by atoms with Crippen molar-refractivity contribution in [2.24, 2.45) is 23.7 Å². The van der Waals surface area contributed by atoms with Crippen molar-refractivity contribution in [2.45, 2.75) is 314 Å². The molecule has 2 aliphatic heterocycles. The van der Waals surface area contributed by atoms with Crippen molar-refractivity contribution >= 4 is 68.1 Å².